The molecule has 110 valence electrons. The van der Waals surface area contributed by atoms with Crippen LogP contribution >= 0.6 is 12.4 Å². The summed E-state index contributed by atoms with van der Waals surface area (Å²) in [5, 5.41) is 5.93. The van der Waals surface area contributed by atoms with E-state index in [9.17, 15) is 14.0 Å². The molecule has 4 nitrogen and oxygen atoms in total. The predicted octanol–water partition coefficient (Wildman–Crippen LogP) is 1.55. The molecule has 0 spiro atoms. The number of ketones is 1. The second-order valence-electron chi connectivity index (χ2n) is 4.76. The molecule has 1 aliphatic rings. The van der Waals surface area contributed by atoms with Crippen LogP contribution < -0.4 is 10.6 Å². The Balaban J connectivity index is 0.00000200. The summed E-state index contributed by atoms with van der Waals surface area (Å²) >= 11 is 0. The number of carbonyl (C=O) groups is 2. The molecule has 0 saturated carbocycles. The van der Waals surface area contributed by atoms with Gasteiger partial charge in [0.25, 0.3) is 0 Å². The van der Waals surface area contributed by atoms with Crippen molar-refractivity contribution in [3.05, 3.63) is 35.6 Å². The van der Waals surface area contributed by atoms with E-state index in [4.69, 9.17) is 0 Å². The summed E-state index contributed by atoms with van der Waals surface area (Å²) in [6.45, 7) is 2.54. The number of nitrogens with one attached hydrogen (secondary N) is 2. The number of halogens is 2. The fourth-order valence-corrected chi connectivity index (χ4v) is 1.85. The van der Waals surface area contributed by atoms with Crippen LogP contribution in [0.25, 0.3) is 0 Å². The first-order valence-corrected chi connectivity index (χ1v) is 6.41. The molecule has 1 saturated heterocycles. The summed E-state index contributed by atoms with van der Waals surface area (Å²) in [6, 6.07) is 5.37. The Bertz CT molecular complexity index is 461. The zero-order chi connectivity index (χ0) is 13.7. The monoisotopic (exact) mass is 300 g/mol. The molecular weight excluding hydrogens is 283 g/mol. The number of Topliss-reactive ketones (excluding diaryl/α,β-unsaturated/α-hetero) is 1. The highest BCUT2D eigenvalue weighted by Gasteiger charge is 2.17. The molecule has 2 rings (SSSR count). The molecule has 20 heavy (non-hydrogen) atoms. The van der Waals surface area contributed by atoms with Gasteiger partial charge in [0.2, 0.25) is 5.91 Å². The van der Waals surface area contributed by atoms with E-state index in [1.165, 1.54) is 24.3 Å². The third-order valence-electron chi connectivity index (χ3n) is 3.20. The summed E-state index contributed by atoms with van der Waals surface area (Å²) in [6.07, 6.45) is 0.330. The van der Waals surface area contributed by atoms with Crippen LogP contribution in [0.3, 0.4) is 0 Å². The molecule has 1 aromatic carbocycles. The van der Waals surface area contributed by atoms with Crippen LogP contribution in [0.2, 0.25) is 0 Å². The normalized spacial score (nSPS) is 14.1. The molecule has 0 aliphatic carbocycles. The second kappa shape index (κ2) is 7.97. The van der Waals surface area contributed by atoms with Gasteiger partial charge in [0.05, 0.1) is 0 Å². The van der Waals surface area contributed by atoms with Crippen molar-refractivity contribution in [2.45, 2.75) is 12.8 Å². The Kier molecular flexibility index (Phi) is 6.61. The third kappa shape index (κ3) is 4.90. The van der Waals surface area contributed by atoms with Gasteiger partial charge < -0.3 is 10.6 Å². The number of hydrogen-bond acceptors (Lipinski definition) is 3. The van der Waals surface area contributed by atoms with Crippen molar-refractivity contribution in [2.75, 3.05) is 19.6 Å². The van der Waals surface area contributed by atoms with Gasteiger partial charge in [0.15, 0.2) is 5.78 Å². The van der Waals surface area contributed by atoms with Gasteiger partial charge in [-0.25, -0.2) is 4.39 Å². The van der Waals surface area contributed by atoms with Gasteiger partial charge in [-0.1, -0.05) is 0 Å². The van der Waals surface area contributed by atoms with Crippen molar-refractivity contribution in [1.82, 2.24) is 10.6 Å². The van der Waals surface area contributed by atoms with E-state index in [-0.39, 0.29) is 42.8 Å². The van der Waals surface area contributed by atoms with Gasteiger partial charge in [-0.2, -0.15) is 0 Å². The zero-order valence-electron chi connectivity index (χ0n) is 11.0. The van der Waals surface area contributed by atoms with E-state index in [1.807, 2.05) is 0 Å². The number of carbonyl (C=O) groups excluding carboxylic acids is 2. The number of hydrogen-bond donors (Lipinski definition) is 2. The molecule has 0 radical (unpaired) electrons. The molecule has 1 aliphatic heterocycles. The third-order valence-corrected chi connectivity index (χ3v) is 3.20. The highest BCUT2D eigenvalue weighted by atomic mass is 35.5. The fraction of sp³-hybridized carbons (Fsp3) is 0.429. The lowest BCUT2D eigenvalue weighted by Gasteiger charge is -2.27. The molecule has 1 amide bonds. The maximum absolute atomic E-state index is 12.7. The van der Waals surface area contributed by atoms with Gasteiger partial charge in [-0.15, -0.1) is 12.4 Å². The topological polar surface area (TPSA) is 58.2 Å². The largest absolute Gasteiger partial charge is 0.356 e. The van der Waals surface area contributed by atoms with Crippen LogP contribution in [0.15, 0.2) is 24.3 Å². The van der Waals surface area contributed by atoms with E-state index in [0.717, 1.165) is 13.1 Å². The molecule has 1 fully saturated rings. The predicted molar refractivity (Wildman–Crippen MR) is 76.6 cm³/mol. The van der Waals surface area contributed by atoms with E-state index in [1.54, 1.807) is 0 Å². The molecule has 0 aromatic heterocycles. The van der Waals surface area contributed by atoms with Gasteiger partial charge in [0, 0.05) is 44.0 Å². The summed E-state index contributed by atoms with van der Waals surface area (Å²) in [7, 11) is 0. The van der Waals surface area contributed by atoms with Crippen molar-refractivity contribution in [3.63, 3.8) is 0 Å². The first kappa shape index (κ1) is 16.6. The maximum Gasteiger partial charge on any atom is 0.220 e. The molecule has 0 atom stereocenters. The van der Waals surface area contributed by atoms with Crippen LogP contribution in [0.1, 0.15) is 23.2 Å². The standard InChI is InChI=1S/C14H17FN2O2.ClH/c15-12-3-1-11(2-4-12)13(18)5-6-14(19)17-9-10-7-16-8-10;/h1-4,10,16H,5-9H2,(H,17,19);1H. The van der Waals surface area contributed by atoms with Crippen LogP contribution in [0.4, 0.5) is 4.39 Å². The second-order valence-corrected chi connectivity index (χ2v) is 4.76. The van der Waals surface area contributed by atoms with Gasteiger partial charge in [-0.05, 0) is 24.3 Å². The Labute approximate surface area is 123 Å². The lowest BCUT2D eigenvalue weighted by Crippen LogP contribution is -2.48. The molecule has 6 heteroatoms. The van der Waals surface area contributed by atoms with Crippen LogP contribution in [0, 0.1) is 11.7 Å². The van der Waals surface area contributed by atoms with E-state index in [0.29, 0.717) is 18.0 Å². The molecule has 0 bridgehead atoms. The Morgan fingerprint density at radius 1 is 1.20 bits per heavy atom. The number of benzene rings is 1. The average Bonchev–Trinajstić information content (AvgIpc) is 2.35. The van der Waals surface area contributed by atoms with E-state index >= 15 is 0 Å². The summed E-state index contributed by atoms with van der Waals surface area (Å²) in [4.78, 5) is 23.3. The van der Waals surface area contributed by atoms with Gasteiger partial charge in [0.1, 0.15) is 5.82 Å². The Morgan fingerprint density at radius 3 is 2.40 bits per heavy atom. The SMILES string of the molecule is Cl.O=C(CCC(=O)c1ccc(F)cc1)NCC1CNC1. The minimum atomic E-state index is -0.372. The van der Waals surface area contributed by atoms with Crippen molar-refractivity contribution in [3.8, 4) is 0 Å². The first-order valence-electron chi connectivity index (χ1n) is 6.41. The lowest BCUT2D eigenvalue weighted by atomic mass is 10.0. The molecule has 0 unspecified atom stereocenters. The lowest BCUT2D eigenvalue weighted by molar-refractivity contribution is -0.121. The van der Waals surface area contributed by atoms with Crippen LogP contribution in [0.5, 0.6) is 0 Å². The minimum Gasteiger partial charge on any atom is -0.356 e. The van der Waals surface area contributed by atoms with Gasteiger partial charge >= 0.3 is 0 Å². The Hall–Kier alpha value is -1.46. The average molecular weight is 301 g/mol. The maximum atomic E-state index is 12.7. The smallest absolute Gasteiger partial charge is 0.220 e. The highest BCUT2D eigenvalue weighted by molar-refractivity contribution is 5.97. The van der Waals surface area contributed by atoms with Crippen molar-refractivity contribution in [1.29, 1.82) is 0 Å². The first-order chi connectivity index (χ1) is 9.15. The van der Waals surface area contributed by atoms with Crippen LogP contribution in [-0.2, 0) is 4.79 Å². The molecule has 2 N–H and O–H groups in total. The van der Waals surface area contributed by atoms with Crippen molar-refractivity contribution in [2.24, 2.45) is 5.92 Å². The van der Waals surface area contributed by atoms with Crippen molar-refractivity contribution >= 4 is 24.1 Å². The number of amides is 1. The van der Waals surface area contributed by atoms with E-state index < -0.39 is 0 Å². The van der Waals surface area contributed by atoms with Gasteiger partial charge in [-0.3, -0.25) is 9.59 Å². The Morgan fingerprint density at radius 2 is 1.85 bits per heavy atom. The quantitative estimate of drug-likeness (QED) is 0.784. The summed E-state index contributed by atoms with van der Waals surface area (Å²) in [5.41, 5.74) is 0.442. The summed E-state index contributed by atoms with van der Waals surface area (Å²) < 4.78 is 12.7. The fourth-order valence-electron chi connectivity index (χ4n) is 1.85. The molecular formula is C14H18ClFN2O2. The summed E-state index contributed by atoms with van der Waals surface area (Å²) in [5.74, 6) is -0.108. The van der Waals surface area contributed by atoms with E-state index in [2.05, 4.69) is 10.6 Å². The minimum absolute atomic E-state index is 0. The number of rotatable bonds is 6. The molecule has 1 heterocycles. The highest BCUT2D eigenvalue weighted by Crippen LogP contribution is 2.07. The zero-order valence-corrected chi connectivity index (χ0v) is 11.8. The molecule has 1 aromatic rings. The van der Waals surface area contributed by atoms with Crippen molar-refractivity contribution < 1.29 is 14.0 Å². The van der Waals surface area contributed by atoms with Crippen LogP contribution in [-0.4, -0.2) is 31.3 Å².